The lowest BCUT2D eigenvalue weighted by Crippen LogP contribution is -2.24. The van der Waals surface area contributed by atoms with E-state index in [2.05, 4.69) is 24.4 Å². The Balaban J connectivity index is 1.63. The molecule has 1 saturated carbocycles. The molecule has 2 heteroatoms. The van der Waals surface area contributed by atoms with Crippen molar-refractivity contribution in [3.05, 3.63) is 35.6 Å². The molecule has 0 saturated heterocycles. The first kappa shape index (κ1) is 12.7. The smallest absolute Gasteiger partial charge is 0.134 e. The van der Waals surface area contributed by atoms with Gasteiger partial charge in [-0.2, -0.15) is 0 Å². The molecule has 0 unspecified atom stereocenters. The minimum absolute atomic E-state index is 0.882. The van der Waals surface area contributed by atoms with Gasteiger partial charge < -0.3 is 9.73 Å². The van der Waals surface area contributed by atoms with Crippen LogP contribution in [0.5, 0.6) is 0 Å². The highest BCUT2D eigenvalue weighted by Gasteiger charge is 2.14. The molecule has 0 amide bonds. The second kappa shape index (κ2) is 5.79. The van der Waals surface area contributed by atoms with E-state index in [1.165, 1.54) is 43.1 Å². The number of hydrogen-bond donors (Lipinski definition) is 1. The third-order valence-corrected chi connectivity index (χ3v) is 4.36. The molecule has 0 radical (unpaired) electrons. The quantitative estimate of drug-likeness (QED) is 0.877. The Bertz CT molecular complexity index is 537. The maximum absolute atomic E-state index is 5.80. The van der Waals surface area contributed by atoms with Gasteiger partial charge in [-0.25, -0.2) is 0 Å². The van der Waals surface area contributed by atoms with Crippen molar-refractivity contribution in [1.82, 2.24) is 5.32 Å². The SMILES string of the molecule is Cc1oc2ccccc2c1CNCC1CCCCC1. The Morgan fingerprint density at radius 1 is 1.16 bits per heavy atom. The predicted octanol–water partition coefficient (Wildman–Crippen LogP) is 4.41. The van der Waals surface area contributed by atoms with Crippen LogP contribution in [-0.2, 0) is 6.54 Å². The van der Waals surface area contributed by atoms with Gasteiger partial charge in [-0.05, 0) is 38.3 Å². The number of benzene rings is 1. The zero-order chi connectivity index (χ0) is 13.1. The van der Waals surface area contributed by atoms with E-state index in [-0.39, 0.29) is 0 Å². The Labute approximate surface area is 115 Å². The topological polar surface area (TPSA) is 25.2 Å². The highest BCUT2D eigenvalue weighted by atomic mass is 16.3. The van der Waals surface area contributed by atoms with Crippen molar-refractivity contribution in [2.45, 2.75) is 45.6 Å². The van der Waals surface area contributed by atoms with Gasteiger partial charge in [0, 0.05) is 17.5 Å². The van der Waals surface area contributed by atoms with Gasteiger partial charge in [-0.1, -0.05) is 37.5 Å². The zero-order valence-corrected chi connectivity index (χ0v) is 11.7. The molecule has 1 N–H and O–H groups in total. The monoisotopic (exact) mass is 257 g/mol. The molecule has 102 valence electrons. The van der Waals surface area contributed by atoms with Gasteiger partial charge in [-0.3, -0.25) is 0 Å². The number of furan rings is 1. The molecule has 19 heavy (non-hydrogen) atoms. The Hall–Kier alpha value is -1.28. The van der Waals surface area contributed by atoms with Crippen LogP contribution in [-0.4, -0.2) is 6.54 Å². The number of nitrogens with one attached hydrogen (secondary N) is 1. The molecule has 1 aromatic carbocycles. The Kier molecular flexibility index (Phi) is 3.88. The number of fused-ring (bicyclic) bond motifs is 1. The maximum atomic E-state index is 5.80. The van der Waals surface area contributed by atoms with Crippen LogP contribution in [0, 0.1) is 12.8 Å². The van der Waals surface area contributed by atoms with Gasteiger partial charge in [-0.15, -0.1) is 0 Å². The van der Waals surface area contributed by atoms with Crippen molar-refractivity contribution < 1.29 is 4.42 Å². The second-order valence-corrected chi connectivity index (χ2v) is 5.77. The lowest BCUT2D eigenvalue weighted by molar-refractivity contribution is 0.342. The molecule has 1 aromatic heterocycles. The first-order valence-electron chi connectivity index (χ1n) is 7.52. The molecular weight excluding hydrogens is 234 g/mol. The van der Waals surface area contributed by atoms with Crippen molar-refractivity contribution in [2.24, 2.45) is 5.92 Å². The summed E-state index contributed by atoms with van der Waals surface area (Å²) < 4.78 is 5.80. The molecule has 0 aliphatic heterocycles. The number of rotatable bonds is 4. The van der Waals surface area contributed by atoms with Gasteiger partial charge >= 0.3 is 0 Å². The summed E-state index contributed by atoms with van der Waals surface area (Å²) in [4.78, 5) is 0. The van der Waals surface area contributed by atoms with Crippen LogP contribution in [0.2, 0.25) is 0 Å². The summed E-state index contributed by atoms with van der Waals surface area (Å²) in [7, 11) is 0. The summed E-state index contributed by atoms with van der Waals surface area (Å²) in [6.07, 6.45) is 7.07. The van der Waals surface area contributed by atoms with E-state index in [4.69, 9.17) is 4.42 Å². The number of para-hydroxylation sites is 1. The molecule has 2 aromatic rings. The number of hydrogen-bond acceptors (Lipinski definition) is 2. The average Bonchev–Trinajstić information content (AvgIpc) is 2.76. The molecule has 0 atom stereocenters. The van der Waals surface area contributed by atoms with Crippen LogP contribution >= 0.6 is 0 Å². The molecular formula is C17H23NO. The van der Waals surface area contributed by atoms with Crippen LogP contribution in [0.3, 0.4) is 0 Å². The normalized spacial score (nSPS) is 17.1. The lowest BCUT2D eigenvalue weighted by atomic mass is 9.89. The van der Waals surface area contributed by atoms with Gasteiger partial charge in [0.1, 0.15) is 11.3 Å². The molecule has 1 aliphatic carbocycles. The summed E-state index contributed by atoms with van der Waals surface area (Å²) in [6, 6.07) is 8.32. The highest BCUT2D eigenvalue weighted by molar-refractivity contribution is 5.82. The molecule has 3 rings (SSSR count). The minimum Gasteiger partial charge on any atom is -0.461 e. The van der Waals surface area contributed by atoms with Crippen LogP contribution in [0.1, 0.15) is 43.4 Å². The first-order chi connectivity index (χ1) is 9.34. The standard InChI is InChI=1S/C17H23NO/c1-13-16(15-9-5-6-10-17(15)19-13)12-18-11-14-7-3-2-4-8-14/h5-6,9-10,14,18H,2-4,7-8,11-12H2,1H3. The largest absolute Gasteiger partial charge is 0.461 e. The van der Waals surface area contributed by atoms with Gasteiger partial charge in [0.2, 0.25) is 0 Å². The van der Waals surface area contributed by atoms with E-state index in [1.807, 2.05) is 12.1 Å². The number of aryl methyl sites for hydroxylation is 1. The minimum atomic E-state index is 0.882. The van der Waals surface area contributed by atoms with Crippen molar-refractivity contribution in [2.75, 3.05) is 6.54 Å². The Morgan fingerprint density at radius 2 is 1.95 bits per heavy atom. The highest BCUT2D eigenvalue weighted by Crippen LogP contribution is 2.26. The summed E-state index contributed by atoms with van der Waals surface area (Å²) in [6.45, 7) is 4.15. The van der Waals surface area contributed by atoms with Gasteiger partial charge in [0.05, 0.1) is 0 Å². The van der Waals surface area contributed by atoms with Crippen LogP contribution in [0.4, 0.5) is 0 Å². The van der Waals surface area contributed by atoms with E-state index in [0.717, 1.165) is 30.4 Å². The molecule has 2 nitrogen and oxygen atoms in total. The first-order valence-corrected chi connectivity index (χ1v) is 7.52. The summed E-state index contributed by atoms with van der Waals surface area (Å²) >= 11 is 0. The molecule has 1 heterocycles. The maximum Gasteiger partial charge on any atom is 0.134 e. The fraction of sp³-hybridized carbons (Fsp3) is 0.529. The van der Waals surface area contributed by atoms with Gasteiger partial charge in [0.15, 0.2) is 0 Å². The zero-order valence-electron chi connectivity index (χ0n) is 11.7. The van der Waals surface area contributed by atoms with E-state index < -0.39 is 0 Å². The fourth-order valence-corrected chi connectivity index (χ4v) is 3.23. The predicted molar refractivity (Wildman–Crippen MR) is 79.2 cm³/mol. The molecule has 0 bridgehead atoms. The summed E-state index contributed by atoms with van der Waals surface area (Å²) in [5.74, 6) is 1.93. The summed E-state index contributed by atoms with van der Waals surface area (Å²) in [5.41, 5.74) is 2.33. The van der Waals surface area contributed by atoms with Crippen LogP contribution < -0.4 is 5.32 Å². The van der Waals surface area contributed by atoms with E-state index in [0.29, 0.717) is 0 Å². The third-order valence-electron chi connectivity index (χ3n) is 4.36. The average molecular weight is 257 g/mol. The third kappa shape index (κ3) is 2.84. The van der Waals surface area contributed by atoms with Crippen LogP contribution in [0.15, 0.2) is 28.7 Å². The van der Waals surface area contributed by atoms with Crippen molar-refractivity contribution in [3.63, 3.8) is 0 Å². The van der Waals surface area contributed by atoms with Gasteiger partial charge in [0.25, 0.3) is 0 Å². The van der Waals surface area contributed by atoms with E-state index >= 15 is 0 Å². The van der Waals surface area contributed by atoms with Crippen molar-refractivity contribution in [3.8, 4) is 0 Å². The van der Waals surface area contributed by atoms with Crippen molar-refractivity contribution >= 4 is 11.0 Å². The Morgan fingerprint density at radius 3 is 2.79 bits per heavy atom. The molecule has 0 spiro atoms. The fourth-order valence-electron chi connectivity index (χ4n) is 3.23. The molecule has 1 aliphatic rings. The van der Waals surface area contributed by atoms with Crippen LogP contribution in [0.25, 0.3) is 11.0 Å². The lowest BCUT2D eigenvalue weighted by Gasteiger charge is -2.21. The van der Waals surface area contributed by atoms with E-state index in [9.17, 15) is 0 Å². The second-order valence-electron chi connectivity index (χ2n) is 5.77. The van der Waals surface area contributed by atoms with E-state index in [1.54, 1.807) is 0 Å². The van der Waals surface area contributed by atoms with Crippen molar-refractivity contribution in [1.29, 1.82) is 0 Å². The molecule has 1 fully saturated rings. The summed E-state index contributed by atoms with van der Waals surface area (Å²) in [5, 5.41) is 4.89.